The monoisotopic (exact) mass is 267 g/mol. The Morgan fingerprint density at radius 1 is 1.39 bits per heavy atom. The van der Waals surface area contributed by atoms with Gasteiger partial charge < -0.3 is 9.80 Å². The molecule has 1 aromatic heterocycles. The molecular weight excluding hydrogens is 246 g/mol. The molecule has 1 aliphatic heterocycles. The lowest BCUT2D eigenvalue weighted by Crippen LogP contribution is -2.41. The molecule has 2 heterocycles. The molecule has 1 fully saturated rings. The summed E-state index contributed by atoms with van der Waals surface area (Å²) in [4.78, 5) is 21.4. The molecule has 0 bridgehead atoms. The van der Waals surface area contributed by atoms with Crippen LogP contribution in [0.1, 0.15) is 35.1 Å². The first-order valence-corrected chi connectivity index (χ1v) is 7.20. The summed E-state index contributed by atoms with van der Waals surface area (Å²) in [5.74, 6) is 0.124. The van der Waals surface area contributed by atoms with E-state index in [0.717, 1.165) is 28.8 Å². The highest BCUT2D eigenvalue weighted by Gasteiger charge is 2.23. The Morgan fingerprint density at radius 3 is 2.44 bits per heavy atom. The average Bonchev–Trinajstić information content (AvgIpc) is 2.71. The van der Waals surface area contributed by atoms with Gasteiger partial charge in [-0.1, -0.05) is 11.3 Å². The topological polar surface area (TPSA) is 36.4 Å². The molecule has 18 heavy (non-hydrogen) atoms. The van der Waals surface area contributed by atoms with Gasteiger partial charge in [0.25, 0.3) is 0 Å². The first-order chi connectivity index (χ1) is 8.49. The maximum absolute atomic E-state index is 11.4. The number of rotatable bonds is 3. The highest BCUT2D eigenvalue weighted by atomic mass is 32.1. The molecule has 0 atom stereocenters. The van der Waals surface area contributed by atoms with E-state index in [9.17, 15) is 4.79 Å². The standard InChI is InChI=1S/C13H21N3OS/c1-9-12(10(2)17)18-13(14-9)16-7-5-11(6-8-16)15(3)4/h11H,5-8H2,1-4H3. The zero-order valence-electron chi connectivity index (χ0n) is 11.6. The lowest BCUT2D eigenvalue weighted by Gasteiger charge is -2.35. The second-order valence-electron chi connectivity index (χ2n) is 5.15. The fourth-order valence-electron chi connectivity index (χ4n) is 2.42. The number of thiazole rings is 1. The van der Waals surface area contributed by atoms with Crippen LogP contribution in [-0.2, 0) is 0 Å². The predicted molar refractivity (Wildman–Crippen MR) is 75.8 cm³/mol. The second-order valence-corrected chi connectivity index (χ2v) is 6.13. The summed E-state index contributed by atoms with van der Waals surface area (Å²) in [7, 11) is 4.28. The molecule has 0 N–H and O–H groups in total. The number of Topliss-reactive ketones (excluding diaryl/α,β-unsaturated/α-hetero) is 1. The molecule has 100 valence electrons. The molecule has 1 aromatic rings. The van der Waals surface area contributed by atoms with E-state index in [4.69, 9.17) is 0 Å². The molecule has 0 aromatic carbocycles. The van der Waals surface area contributed by atoms with Gasteiger partial charge in [0.1, 0.15) is 0 Å². The number of carbonyl (C=O) groups excluding carboxylic acids is 1. The Kier molecular flexibility index (Phi) is 4.02. The van der Waals surface area contributed by atoms with Crippen LogP contribution in [0.5, 0.6) is 0 Å². The Balaban J connectivity index is 2.06. The third kappa shape index (κ3) is 2.72. The van der Waals surface area contributed by atoms with Crippen LogP contribution in [-0.4, -0.2) is 48.9 Å². The van der Waals surface area contributed by atoms with Crippen LogP contribution in [0, 0.1) is 6.92 Å². The smallest absolute Gasteiger partial charge is 0.186 e. The number of nitrogens with zero attached hydrogens (tertiary/aromatic N) is 3. The van der Waals surface area contributed by atoms with Crippen molar-refractivity contribution < 1.29 is 4.79 Å². The molecule has 5 heteroatoms. The fourth-order valence-corrected chi connectivity index (χ4v) is 3.43. The van der Waals surface area contributed by atoms with Crippen molar-refractivity contribution in [2.75, 3.05) is 32.1 Å². The molecule has 1 saturated heterocycles. The number of aromatic nitrogens is 1. The number of aryl methyl sites for hydroxylation is 1. The minimum absolute atomic E-state index is 0.124. The molecule has 1 aliphatic rings. The van der Waals surface area contributed by atoms with Crippen molar-refractivity contribution in [1.82, 2.24) is 9.88 Å². The highest BCUT2D eigenvalue weighted by molar-refractivity contribution is 7.17. The van der Waals surface area contributed by atoms with E-state index in [0.29, 0.717) is 6.04 Å². The Morgan fingerprint density at radius 2 is 2.00 bits per heavy atom. The number of anilines is 1. The third-order valence-electron chi connectivity index (χ3n) is 3.57. The summed E-state index contributed by atoms with van der Waals surface area (Å²) >= 11 is 1.54. The van der Waals surface area contributed by atoms with Crippen LogP contribution in [0.4, 0.5) is 5.13 Å². The molecule has 0 unspecified atom stereocenters. The Bertz CT molecular complexity index is 433. The van der Waals surface area contributed by atoms with Gasteiger partial charge in [-0.05, 0) is 33.9 Å². The van der Waals surface area contributed by atoms with Crippen molar-refractivity contribution in [3.8, 4) is 0 Å². The molecule has 0 saturated carbocycles. The summed E-state index contributed by atoms with van der Waals surface area (Å²) < 4.78 is 0. The lowest BCUT2D eigenvalue weighted by atomic mass is 10.0. The highest BCUT2D eigenvalue weighted by Crippen LogP contribution is 2.29. The van der Waals surface area contributed by atoms with Gasteiger partial charge in [-0.25, -0.2) is 4.98 Å². The number of hydrogen-bond acceptors (Lipinski definition) is 5. The SMILES string of the molecule is CC(=O)c1sc(N2CCC(N(C)C)CC2)nc1C. The molecule has 4 nitrogen and oxygen atoms in total. The third-order valence-corrected chi connectivity index (χ3v) is 4.89. The Hall–Kier alpha value is -0.940. The van der Waals surface area contributed by atoms with Crippen molar-refractivity contribution >= 4 is 22.3 Å². The quantitative estimate of drug-likeness (QED) is 0.787. The van der Waals surface area contributed by atoms with Crippen molar-refractivity contribution in [1.29, 1.82) is 0 Å². The molecule has 0 spiro atoms. The van der Waals surface area contributed by atoms with Gasteiger partial charge in [-0.2, -0.15) is 0 Å². The van der Waals surface area contributed by atoms with E-state index in [1.165, 1.54) is 24.2 Å². The average molecular weight is 267 g/mol. The molecule has 0 amide bonds. The summed E-state index contributed by atoms with van der Waals surface area (Å²) in [6.07, 6.45) is 2.34. The minimum Gasteiger partial charge on any atom is -0.348 e. The summed E-state index contributed by atoms with van der Waals surface area (Å²) in [6.45, 7) is 5.60. The number of carbonyl (C=O) groups is 1. The number of piperidine rings is 1. The zero-order valence-corrected chi connectivity index (χ0v) is 12.4. The van der Waals surface area contributed by atoms with Crippen LogP contribution in [0.15, 0.2) is 0 Å². The largest absolute Gasteiger partial charge is 0.348 e. The predicted octanol–water partition coefficient (Wildman–Crippen LogP) is 2.18. The molecule has 0 radical (unpaired) electrons. The first-order valence-electron chi connectivity index (χ1n) is 6.38. The van der Waals surface area contributed by atoms with Gasteiger partial charge in [-0.3, -0.25) is 4.79 Å². The van der Waals surface area contributed by atoms with E-state index >= 15 is 0 Å². The summed E-state index contributed by atoms with van der Waals surface area (Å²) in [6, 6.07) is 0.676. The number of ketones is 1. The number of hydrogen-bond donors (Lipinski definition) is 0. The van der Waals surface area contributed by atoms with Gasteiger partial charge >= 0.3 is 0 Å². The second kappa shape index (κ2) is 5.36. The van der Waals surface area contributed by atoms with E-state index in [2.05, 4.69) is 28.9 Å². The van der Waals surface area contributed by atoms with Crippen LogP contribution in [0.3, 0.4) is 0 Å². The van der Waals surface area contributed by atoms with Crippen molar-refractivity contribution in [2.24, 2.45) is 0 Å². The van der Waals surface area contributed by atoms with Gasteiger partial charge in [-0.15, -0.1) is 0 Å². The van der Waals surface area contributed by atoms with Crippen molar-refractivity contribution in [3.63, 3.8) is 0 Å². The van der Waals surface area contributed by atoms with Gasteiger partial charge in [0.05, 0.1) is 10.6 Å². The van der Waals surface area contributed by atoms with Crippen molar-refractivity contribution in [2.45, 2.75) is 32.7 Å². The van der Waals surface area contributed by atoms with Gasteiger partial charge in [0, 0.05) is 26.1 Å². The van der Waals surface area contributed by atoms with Crippen LogP contribution >= 0.6 is 11.3 Å². The Labute approximate surface area is 113 Å². The molecule has 2 rings (SSSR count). The minimum atomic E-state index is 0.124. The van der Waals surface area contributed by atoms with Crippen LogP contribution in [0.2, 0.25) is 0 Å². The van der Waals surface area contributed by atoms with E-state index in [-0.39, 0.29) is 5.78 Å². The van der Waals surface area contributed by atoms with Gasteiger partial charge in [0.2, 0.25) is 0 Å². The van der Waals surface area contributed by atoms with Gasteiger partial charge in [0.15, 0.2) is 10.9 Å². The van der Waals surface area contributed by atoms with E-state index < -0.39 is 0 Å². The molecule has 0 aliphatic carbocycles. The lowest BCUT2D eigenvalue weighted by molar-refractivity contribution is 0.102. The summed E-state index contributed by atoms with van der Waals surface area (Å²) in [5, 5.41) is 1.01. The van der Waals surface area contributed by atoms with E-state index in [1.54, 1.807) is 6.92 Å². The maximum atomic E-state index is 11.4. The first kappa shape index (κ1) is 13.5. The van der Waals surface area contributed by atoms with Crippen LogP contribution in [0.25, 0.3) is 0 Å². The molecular formula is C13H21N3OS. The van der Waals surface area contributed by atoms with Crippen LogP contribution < -0.4 is 4.90 Å². The maximum Gasteiger partial charge on any atom is 0.186 e. The van der Waals surface area contributed by atoms with Crippen molar-refractivity contribution in [3.05, 3.63) is 10.6 Å². The zero-order chi connectivity index (χ0) is 13.3. The fraction of sp³-hybridized carbons (Fsp3) is 0.692. The van der Waals surface area contributed by atoms with E-state index in [1.807, 2.05) is 6.92 Å². The normalized spacial score (nSPS) is 17.5. The summed E-state index contributed by atoms with van der Waals surface area (Å²) in [5.41, 5.74) is 0.872.